The van der Waals surface area contributed by atoms with E-state index in [1.54, 1.807) is 18.9 Å². The number of carbonyl (C=O) groups excluding carboxylic acids is 5. The van der Waals surface area contributed by atoms with Crippen molar-refractivity contribution in [2.75, 3.05) is 54.1 Å². The molecular weight excluding hydrogens is 550 g/mol. The summed E-state index contributed by atoms with van der Waals surface area (Å²) in [5.74, 6) is -1.82. The molecule has 0 aliphatic carbocycles. The standard InChI is InChI=1S/C28H49N5O9/c1-7-17(2)24(32(4)23(36)16-30-27(38)19-10-14-42-28(39)31-19)21(40-5)15-22(35)33-12-8-9-20(33)25(41-6)18(3)26(37)29-11-13-34/h17-21,24-25,34H,7-16H2,1-6H3,(H,29,37)(H,30,38)(H,31,39). The molecule has 0 bridgehead atoms. The summed E-state index contributed by atoms with van der Waals surface area (Å²) < 4.78 is 16.3. The normalized spacial score (nSPS) is 22.2. The number of nitrogens with zero attached hydrogens (tertiary/aromatic N) is 2. The highest BCUT2D eigenvalue weighted by Gasteiger charge is 2.42. The second-order valence-corrected chi connectivity index (χ2v) is 11.0. The van der Waals surface area contributed by atoms with Gasteiger partial charge in [0.05, 0.1) is 56.4 Å². The number of rotatable bonds is 16. The Morgan fingerprint density at radius 2 is 1.88 bits per heavy atom. The highest BCUT2D eigenvalue weighted by atomic mass is 16.6. The average molecular weight is 600 g/mol. The summed E-state index contributed by atoms with van der Waals surface area (Å²) in [4.78, 5) is 66.6. The van der Waals surface area contributed by atoms with Gasteiger partial charge in [0.1, 0.15) is 6.04 Å². The van der Waals surface area contributed by atoms with Crippen LogP contribution in [0.15, 0.2) is 0 Å². The van der Waals surface area contributed by atoms with Gasteiger partial charge in [-0.05, 0) is 18.8 Å². The third kappa shape index (κ3) is 9.27. The molecule has 240 valence electrons. The molecule has 0 radical (unpaired) electrons. The average Bonchev–Trinajstić information content (AvgIpc) is 3.47. The highest BCUT2D eigenvalue weighted by molar-refractivity contribution is 5.90. The Labute approximate surface area is 248 Å². The van der Waals surface area contributed by atoms with Crippen LogP contribution in [0.4, 0.5) is 4.79 Å². The molecule has 7 unspecified atom stereocenters. The number of ether oxygens (including phenoxy) is 3. The molecule has 0 aromatic carbocycles. The van der Waals surface area contributed by atoms with Gasteiger partial charge in [0, 0.05) is 40.8 Å². The number of nitrogens with one attached hydrogen (secondary N) is 3. The fourth-order valence-electron chi connectivity index (χ4n) is 5.80. The minimum absolute atomic E-state index is 0.0155. The van der Waals surface area contributed by atoms with E-state index in [4.69, 9.17) is 19.3 Å². The first-order valence-corrected chi connectivity index (χ1v) is 14.7. The fourth-order valence-corrected chi connectivity index (χ4v) is 5.80. The maximum Gasteiger partial charge on any atom is 0.407 e. The van der Waals surface area contributed by atoms with Gasteiger partial charge in [0.15, 0.2) is 0 Å². The smallest absolute Gasteiger partial charge is 0.407 e. The van der Waals surface area contributed by atoms with E-state index in [2.05, 4.69) is 16.0 Å². The molecule has 0 spiro atoms. The summed E-state index contributed by atoms with van der Waals surface area (Å²) in [5.41, 5.74) is 0. The van der Waals surface area contributed by atoms with Crippen LogP contribution in [-0.2, 0) is 33.4 Å². The summed E-state index contributed by atoms with van der Waals surface area (Å²) in [6.07, 6.45) is 0.648. The van der Waals surface area contributed by atoms with E-state index < -0.39 is 42.2 Å². The first-order valence-electron chi connectivity index (χ1n) is 14.7. The number of aliphatic hydroxyl groups excluding tert-OH is 1. The van der Waals surface area contributed by atoms with Crippen LogP contribution in [0.1, 0.15) is 52.9 Å². The molecule has 0 aromatic heterocycles. The molecular formula is C28H49N5O9. The Morgan fingerprint density at radius 1 is 1.17 bits per heavy atom. The van der Waals surface area contributed by atoms with Gasteiger partial charge in [0.25, 0.3) is 0 Å². The van der Waals surface area contributed by atoms with E-state index in [1.165, 1.54) is 19.1 Å². The molecule has 2 aliphatic rings. The molecule has 7 atom stereocenters. The monoisotopic (exact) mass is 599 g/mol. The third-order valence-corrected chi connectivity index (χ3v) is 8.38. The Morgan fingerprint density at radius 3 is 2.48 bits per heavy atom. The lowest BCUT2D eigenvalue weighted by Gasteiger charge is -2.39. The SMILES string of the molecule is CCC(C)C(C(CC(=O)N1CCCC1C(OC)C(C)C(=O)NCCO)OC)N(C)C(=O)CNC(=O)C1CCOC(=O)N1. The van der Waals surface area contributed by atoms with Crippen LogP contribution in [0, 0.1) is 11.8 Å². The zero-order chi connectivity index (χ0) is 31.4. The molecule has 14 nitrogen and oxygen atoms in total. The number of alkyl carbamates (subject to hydrolysis) is 1. The van der Waals surface area contributed by atoms with E-state index in [-0.39, 0.29) is 62.4 Å². The van der Waals surface area contributed by atoms with Crippen molar-refractivity contribution in [2.45, 2.75) is 83.2 Å². The van der Waals surface area contributed by atoms with Crippen molar-refractivity contribution >= 4 is 29.7 Å². The molecule has 2 aliphatic heterocycles. The Kier molecular flexibility index (Phi) is 14.4. The lowest BCUT2D eigenvalue weighted by Crippen LogP contribution is -2.55. The van der Waals surface area contributed by atoms with Crippen LogP contribution in [0.2, 0.25) is 0 Å². The minimum atomic E-state index is -0.771. The first-order chi connectivity index (χ1) is 20.0. The molecule has 14 heteroatoms. The highest BCUT2D eigenvalue weighted by Crippen LogP contribution is 2.29. The minimum Gasteiger partial charge on any atom is -0.449 e. The fraction of sp³-hybridized carbons (Fsp3) is 0.821. The summed E-state index contributed by atoms with van der Waals surface area (Å²) in [6, 6.07) is -1.54. The number of methoxy groups -OCH3 is 2. The summed E-state index contributed by atoms with van der Waals surface area (Å²) in [7, 11) is 4.66. The van der Waals surface area contributed by atoms with Gasteiger partial charge in [-0.15, -0.1) is 0 Å². The van der Waals surface area contributed by atoms with Crippen LogP contribution < -0.4 is 16.0 Å². The van der Waals surface area contributed by atoms with Crippen LogP contribution in [0.25, 0.3) is 0 Å². The summed E-state index contributed by atoms with van der Waals surface area (Å²) in [5, 5.41) is 16.7. The molecule has 5 amide bonds. The van der Waals surface area contributed by atoms with Gasteiger partial charge in [-0.3, -0.25) is 19.2 Å². The molecule has 4 N–H and O–H groups in total. The van der Waals surface area contributed by atoms with Gasteiger partial charge >= 0.3 is 6.09 Å². The van der Waals surface area contributed by atoms with Crippen LogP contribution in [-0.4, -0.2) is 129 Å². The molecule has 2 saturated heterocycles. The van der Waals surface area contributed by atoms with Crippen molar-refractivity contribution in [1.29, 1.82) is 0 Å². The predicted molar refractivity (Wildman–Crippen MR) is 152 cm³/mol. The van der Waals surface area contributed by atoms with Gasteiger partial charge in [-0.25, -0.2) is 4.79 Å². The van der Waals surface area contributed by atoms with Gasteiger partial charge in [0.2, 0.25) is 23.6 Å². The number of hydrogen-bond acceptors (Lipinski definition) is 9. The number of likely N-dealkylation sites (tertiary alicyclic amines) is 1. The van der Waals surface area contributed by atoms with Crippen molar-refractivity contribution < 1.29 is 43.3 Å². The Balaban J connectivity index is 2.10. The molecule has 0 aromatic rings. The van der Waals surface area contributed by atoms with E-state index >= 15 is 0 Å². The summed E-state index contributed by atoms with van der Waals surface area (Å²) in [6.45, 7) is 6.04. The Bertz CT molecular complexity index is 935. The van der Waals surface area contributed by atoms with E-state index in [0.717, 1.165) is 12.8 Å². The van der Waals surface area contributed by atoms with Crippen molar-refractivity contribution in [3.63, 3.8) is 0 Å². The van der Waals surface area contributed by atoms with Crippen LogP contribution in [0.5, 0.6) is 0 Å². The summed E-state index contributed by atoms with van der Waals surface area (Å²) >= 11 is 0. The zero-order valence-electron chi connectivity index (χ0n) is 25.7. The third-order valence-electron chi connectivity index (χ3n) is 8.38. The van der Waals surface area contributed by atoms with Crippen molar-refractivity contribution in [1.82, 2.24) is 25.8 Å². The van der Waals surface area contributed by atoms with Gasteiger partial charge < -0.3 is 45.1 Å². The van der Waals surface area contributed by atoms with Gasteiger partial charge in [-0.1, -0.05) is 27.2 Å². The topological polar surface area (TPSA) is 176 Å². The van der Waals surface area contributed by atoms with Crippen molar-refractivity contribution in [3.05, 3.63) is 0 Å². The molecule has 42 heavy (non-hydrogen) atoms. The van der Waals surface area contributed by atoms with Crippen LogP contribution >= 0.6 is 0 Å². The quantitative estimate of drug-likeness (QED) is 0.184. The number of aliphatic hydroxyl groups is 1. The second kappa shape index (κ2) is 17.2. The largest absolute Gasteiger partial charge is 0.449 e. The maximum absolute atomic E-state index is 13.7. The lowest BCUT2D eigenvalue weighted by atomic mass is 9.90. The van der Waals surface area contributed by atoms with E-state index in [1.807, 2.05) is 13.8 Å². The van der Waals surface area contributed by atoms with E-state index in [9.17, 15) is 24.0 Å². The first kappa shape index (κ1) is 35.2. The molecule has 0 saturated carbocycles. The number of hydrogen-bond donors (Lipinski definition) is 4. The molecule has 2 rings (SSSR count). The van der Waals surface area contributed by atoms with Crippen LogP contribution in [0.3, 0.4) is 0 Å². The molecule has 2 fully saturated rings. The Hall–Kier alpha value is -2.97. The zero-order valence-corrected chi connectivity index (χ0v) is 25.7. The maximum atomic E-state index is 13.7. The lowest BCUT2D eigenvalue weighted by molar-refractivity contribution is -0.145. The number of amides is 5. The molecule has 2 heterocycles. The second-order valence-electron chi connectivity index (χ2n) is 11.0. The van der Waals surface area contributed by atoms with E-state index in [0.29, 0.717) is 19.4 Å². The predicted octanol–water partition coefficient (Wildman–Crippen LogP) is -0.370. The number of carbonyl (C=O) groups is 5. The van der Waals surface area contributed by atoms with Crippen molar-refractivity contribution in [2.24, 2.45) is 11.8 Å². The number of likely N-dealkylation sites (N-methyl/N-ethyl adjacent to an activating group) is 1. The van der Waals surface area contributed by atoms with Crippen molar-refractivity contribution in [3.8, 4) is 0 Å². The van der Waals surface area contributed by atoms with Gasteiger partial charge in [-0.2, -0.15) is 0 Å². The number of cyclic esters (lactones) is 1.